The molecule has 0 aromatic rings. The SMILES string of the molecule is CCOC(=O)C(N)CC1CC=CCC1. The van der Waals surface area contributed by atoms with Crippen molar-refractivity contribution in [1.29, 1.82) is 0 Å². The number of hydrogen-bond donors (Lipinski definition) is 1. The molecule has 14 heavy (non-hydrogen) atoms. The van der Waals surface area contributed by atoms with Crippen molar-refractivity contribution in [2.24, 2.45) is 11.7 Å². The second-order valence-corrected chi connectivity index (χ2v) is 3.74. The fourth-order valence-electron chi connectivity index (χ4n) is 1.78. The summed E-state index contributed by atoms with van der Waals surface area (Å²) in [4.78, 5) is 11.3. The summed E-state index contributed by atoms with van der Waals surface area (Å²) in [5, 5.41) is 0. The first kappa shape index (κ1) is 11.2. The van der Waals surface area contributed by atoms with Crippen LogP contribution in [0, 0.1) is 5.92 Å². The Kier molecular flexibility index (Phi) is 4.66. The lowest BCUT2D eigenvalue weighted by Gasteiger charge is -2.20. The molecule has 0 radical (unpaired) electrons. The predicted molar refractivity (Wildman–Crippen MR) is 55.7 cm³/mol. The molecule has 0 heterocycles. The minimum Gasteiger partial charge on any atom is -0.465 e. The maximum Gasteiger partial charge on any atom is 0.322 e. The van der Waals surface area contributed by atoms with E-state index in [1.807, 2.05) is 0 Å². The van der Waals surface area contributed by atoms with Gasteiger partial charge in [0.15, 0.2) is 0 Å². The number of carbonyl (C=O) groups excluding carboxylic acids is 1. The van der Waals surface area contributed by atoms with Crippen LogP contribution in [0.2, 0.25) is 0 Å². The topological polar surface area (TPSA) is 52.3 Å². The number of rotatable bonds is 4. The van der Waals surface area contributed by atoms with Gasteiger partial charge < -0.3 is 10.5 Å². The third-order valence-electron chi connectivity index (χ3n) is 2.55. The molecule has 0 bridgehead atoms. The molecule has 0 saturated carbocycles. The minimum atomic E-state index is -0.438. The van der Waals surface area contributed by atoms with E-state index in [1.54, 1.807) is 6.92 Å². The van der Waals surface area contributed by atoms with Gasteiger partial charge in [0.1, 0.15) is 6.04 Å². The van der Waals surface area contributed by atoms with E-state index in [9.17, 15) is 4.79 Å². The van der Waals surface area contributed by atoms with Gasteiger partial charge in [-0.2, -0.15) is 0 Å². The third kappa shape index (κ3) is 3.50. The molecule has 0 aromatic heterocycles. The Morgan fingerprint density at radius 1 is 1.64 bits per heavy atom. The highest BCUT2D eigenvalue weighted by molar-refractivity contribution is 5.75. The summed E-state index contributed by atoms with van der Waals surface area (Å²) in [6, 6.07) is -0.438. The van der Waals surface area contributed by atoms with E-state index >= 15 is 0 Å². The zero-order chi connectivity index (χ0) is 10.4. The Bertz CT molecular complexity index is 213. The van der Waals surface area contributed by atoms with Crippen molar-refractivity contribution in [2.75, 3.05) is 6.61 Å². The van der Waals surface area contributed by atoms with Crippen LogP contribution in [0.25, 0.3) is 0 Å². The number of ether oxygens (including phenoxy) is 1. The molecule has 1 aliphatic rings. The van der Waals surface area contributed by atoms with Crippen LogP contribution < -0.4 is 5.73 Å². The van der Waals surface area contributed by atoms with Gasteiger partial charge in [-0.25, -0.2) is 0 Å². The Labute approximate surface area is 85.3 Å². The fraction of sp³-hybridized carbons (Fsp3) is 0.727. The van der Waals surface area contributed by atoms with Gasteiger partial charge in [-0.1, -0.05) is 12.2 Å². The van der Waals surface area contributed by atoms with Gasteiger partial charge in [0.05, 0.1) is 6.61 Å². The van der Waals surface area contributed by atoms with Gasteiger partial charge in [0, 0.05) is 0 Å². The van der Waals surface area contributed by atoms with Gasteiger partial charge in [-0.3, -0.25) is 4.79 Å². The maximum atomic E-state index is 11.3. The summed E-state index contributed by atoms with van der Waals surface area (Å²) in [5.41, 5.74) is 5.74. The average Bonchev–Trinajstić information content (AvgIpc) is 2.19. The first-order chi connectivity index (χ1) is 6.74. The predicted octanol–water partition coefficient (Wildman–Crippen LogP) is 1.62. The highest BCUT2D eigenvalue weighted by Crippen LogP contribution is 2.22. The molecule has 0 aliphatic heterocycles. The lowest BCUT2D eigenvalue weighted by molar-refractivity contribution is -0.145. The molecule has 2 N–H and O–H groups in total. The third-order valence-corrected chi connectivity index (χ3v) is 2.55. The molecule has 0 fully saturated rings. The maximum absolute atomic E-state index is 11.3. The Morgan fingerprint density at radius 2 is 2.43 bits per heavy atom. The molecule has 1 rings (SSSR count). The summed E-state index contributed by atoms with van der Waals surface area (Å²) in [6.45, 7) is 2.21. The van der Waals surface area contributed by atoms with E-state index in [0.29, 0.717) is 12.5 Å². The van der Waals surface area contributed by atoms with Crippen LogP contribution in [0.4, 0.5) is 0 Å². The Morgan fingerprint density at radius 3 is 3.00 bits per heavy atom. The second-order valence-electron chi connectivity index (χ2n) is 3.74. The molecule has 0 aromatic carbocycles. The van der Waals surface area contributed by atoms with Crippen molar-refractivity contribution in [2.45, 2.75) is 38.6 Å². The molecular formula is C11H19NO2. The van der Waals surface area contributed by atoms with Crippen LogP contribution in [0.3, 0.4) is 0 Å². The summed E-state index contributed by atoms with van der Waals surface area (Å²) in [5.74, 6) is 0.293. The van der Waals surface area contributed by atoms with Crippen molar-refractivity contribution < 1.29 is 9.53 Å². The van der Waals surface area contributed by atoms with E-state index in [4.69, 9.17) is 10.5 Å². The Balaban J connectivity index is 2.28. The zero-order valence-electron chi connectivity index (χ0n) is 8.74. The van der Waals surface area contributed by atoms with Crippen molar-refractivity contribution >= 4 is 5.97 Å². The van der Waals surface area contributed by atoms with Gasteiger partial charge >= 0.3 is 5.97 Å². The van der Waals surface area contributed by atoms with Crippen LogP contribution in [-0.2, 0) is 9.53 Å². The monoisotopic (exact) mass is 197 g/mol. The summed E-state index contributed by atoms with van der Waals surface area (Å²) in [6.07, 6.45) is 8.42. The first-order valence-corrected chi connectivity index (χ1v) is 5.31. The summed E-state index contributed by atoms with van der Waals surface area (Å²) in [7, 11) is 0. The van der Waals surface area contributed by atoms with Crippen LogP contribution in [0.15, 0.2) is 12.2 Å². The molecular weight excluding hydrogens is 178 g/mol. The van der Waals surface area contributed by atoms with Gasteiger partial charge in [-0.05, 0) is 38.5 Å². The standard InChI is InChI=1S/C11H19NO2/c1-2-14-11(13)10(12)8-9-6-4-3-5-7-9/h3-4,9-10H,2,5-8,12H2,1H3. The molecule has 2 unspecified atom stereocenters. The number of carbonyl (C=O) groups is 1. The van der Waals surface area contributed by atoms with Crippen LogP contribution in [0.1, 0.15) is 32.6 Å². The molecule has 0 saturated heterocycles. The first-order valence-electron chi connectivity index (χ1n) is 5.31. The average molecular weight is 197 g/mol. The normalized spacial score (nSPS) is 23.1. The number of nitrogens with two attached hydrogens (primary N) is 1. The zero-order valence-corrected chi connectivity index (χ0v) is 8.74. The van der Waals surface area contributed by atoms with Gasteiger partial charge in [0.2, 0.25) is 0 Å². The number of hydrogen-bond acceptors (Lipinski definition) is 3. The molecule has 3 nitrogen and oxygen atoms in total. The van der Waals surface area contributed by atoms with Crippen LogP contribution in [0.5, 0.6) is 0 Å². The van der Waals surface area contributed by atoms with E-state index in [1.165, 1.54) is 0 Å². The van der Waals surface area contributed by atoms with E-state index in [2.05, 4.69) is 12.2 Å². The highest BCUT2D eigenvalue weighted by Gasteiger charge is 2.20. The van der Waals surface area contributed by atoms with Crippen molar-refractivity contribution in [3.63, 3.8) is 0 Å². The molecule has 80 valence electrons. The van der Waals surface area contributed by atoms with Crippen molar-refractivity contribution in [1.82, 2.24) is 0 Å². The van der Waals surface area contributed by atoms with E-state index in [-0.39, 0.29) is 5.97 Å². The minimum absolute atomic E-state index is 0.262. The lowest BCUT2D eigenvalue weighted by atomic mass is 9.89. The second kappa shape index (κ2) is 5.81. The largest absolute Gasteiger partial charge is 0.465 e. The van der Waals surface area contributed by atoms with Gasteiger partial charge in [-0.15, -0.1) is 0 Å². The number of allylic oxidation sites excluding steroid dienone is 2. The molecule has 0 amide bonds. The van der Waals surface area contributed by atoms with Crippen LogP contribution in [-0.4, -0.2) is 18.6 Å². The molecule has 0 spiro atoms. The quantitative estimate of drug-likeness (QED) is 0.550. The Hall–Kier alpha value is -0.830. The lowest BCUT2D eigenvalue weighted by Crippen LogP contribution is -2.34. The van der Waals surface area contributed by atoms with Crippen molar-refractivity contribution in [3.05, 3.63) is 12.2 Å². The highest BCUT2D eigenvalue weighted by atomic mass is 16.5. The number of esters is 1. The smallest absolute Gasteiger partial charge is 0.322 e. The molecule has 3 heteroatoms. The van der Waals surface area contributed by atoms with Crippen LogP contribution >= 0.6 is 0 Å². The summed E-state index contributed by atoms with van der Waals surface area (Å²) >= 11 is 0. The van der Waals surface area contributed by atoms with E-state index in [0.717, 1.165) is 25.7 Å². The van der Waals surface area contributed by atoms with Crippen molar-refractivity contribution in [3.8, 4) is 0 Å². The molecule has 2 atom stereocenters. The summed E-state index contributed by atoms with van der Waals surface area (Å²) < 4.78 is 4.86. The fourth-order valence-corrected chi connectivity index (χ4v) is 1.78. The van der Waals surface area contributed by atoms with Gasteiger partial charge in [0.25, 0.3) is 0 Å². The van der Waals surface area contributed by atoms with E-state index < -0.39 is 6.04 Å². The molecule has 1 aliphatic carbocycles.